The van der Waals surface area contributed by atoms with E-state index >= 15 is 0 Å². The summed E-state index contributed by atoms with van der Waals surface area (Å²) in [6.07, 6.45) is 0. The minimum absolute atomic E-state index is 0.0539. The number of carboxylic acid groups (broad SMARTS) is 1. The Kier molecular flexibility index (Phi) is 5.24. The molecule has 0 atom stereocenters. The van der Waals surface area contributed by atoms with E-state index in [2.05, 4.69) is 26.1 Å². The van der Waals surface area contributed by atoms with Crippen LogP contribution in [0.3, 0.4) is 0 Å². The van der Waals surface area contributed by atoms with Gasteiger partial charge in [-0.05, 0) is 41.3 Å². The average Bonchev–Trinajstić information content (AvgIpc) is 2.53. The second kappa shape index (κ2) is 7.17. The molecule has 0 aliphatic carbocycles. The Labute approximate surface area is 141 Å². The maximum Gasteiger partial charge on any atom is 0.341 e. The van der Waals surface area contributed by atoms with E-state index in [1.807, 2.05) is 24.3 Å². The summed E-state index contributed by atoms with van der Waals surface area (Å²) in [5.74, 6) is -1.00. The summed E-state index contributed by atoms with van der Waals surface area (Å²) in [4.78, 5) is 22.8. The Morgan fingerprint density at radius 2 is 1.75 bits per heavy atom. The average molecular weight is 327 g/mol. The number of nitrogens with one attached hydrogen (secondary N) is 1. The standard InChI is InChI=1S/C19H21NO4/c1-19(2,3)14-7-9-15(10-8-14)20-18(23)13-5-4-6-16(11-13)24-12-17(21)22/h4-11H,12H2,1-3H3,(H,20,23)(H,21,22). The number of hydrogen-bond donors (Lipinski definition) is 2. The summed E-state index contributed by atoms with van der Waals surface area (Å²) in [5.41, 5.74) is 2.34. The highest BCUT2D eigenvalue weighted by Crippen LogP contribution is 2.24. The zero-order chi connectivity index (χ0) is 17.7. The number of hydrogen-bond acceptors (Lipinski definition) is 3. The topological polar surface area (TPSA) is 75.6 Å². The molecular weight excluding hydrogens is 306 g/mol. The lowest BCUT2D eigenvalue weighted by atomic mass is 9.87. The van der Waals surface area contributed by atoms with Crippen molar-refractivity contribution in [3.8, 4) is 5.75 Å². The number of aliphatic carboxylic acids is 1. The molecule has 2 aromatic rings. The summed E-state index contributed by atoms with van der Waals surface area (Å²) in [5, 5.41) is 11.4. The van der Waals surface area contributed by atoms with Crippen LogP contribution in [0.15, 0.2) is 48.5 Å². The first kappa shape index (κ1) is 17.5. The first-order chi connectivity index (χ1) is 11.3. The molecule has 5 nitrogen and oxygen atoms in total. The molecule has 0 heterocycles. The van der Waals surface area contributed by atoms with Gasteiger partial charge in [-0.1, -0.05) is 39.0 Å². The maximum atomic E-state index is 12.3. The van der Waals surface area contributed by atoms with E-state index in [1.165, 1.54) is 11.6 Å². The van der Waals surface area contributed by atoms with Crippen LogP contribution in [0.25, 0.3) is 0 Å². The molecule has 126 valence electrons. The van der Waals surface area contributed by atoms with Crippen molar-refractivity contribution >= 4 is 17.6 Å². The third-order valence-electron chi connectivity index (χ3n) is 3.47. The maximum absolute atomic E-state index is 12.3. The van der Waals surface area contributed by atoms with E-state index in [0.29, 0.717) is 17.0 Å². The minimum Gasteiger partial charge on any atom is -0.482 e. The number of carbonyl (C=O) groups is 2. The molecule has 0 saturated carbocycles. The van der Waals surface area contributed by atoms with E-state index in [1.54, 1.807) is 18.2 Å². The predicted molar refractivity (Wildman–Crippen MR) is 92.7 cm³/mol. The van der Waals surface area contributed by atoms with Gasteiger partial charge in [0.2, 0.25) is 0 Å². The monoisotopic (exact) mass is 327 g/mol. The normalized spacial score (nSPS) is 11.0. The van der Waals surface area contributed by atoms with Crippen LogP contribution >= 0.6 is 0 Å². The van der Waals surface area contributed by atoms with Gasteiger partial charge in [-0.3, -0.25) is 4.79 Å². The largest absolute Gasteiger partial charge is 0.482 e. The number of rotatable bonds is 5. The van der Waals surface area contributed by atoms with E-state index in [-0.39, 0.29) is 11.3 Å². The van der Waals surface area contributed by atoms with E-state index in [9.17, 15) is 9.59 Å². The van der Waals surface area contributed by atoms with Gasteiger partial charge >= 0.3 is 5.97 Å². The molecule has 0 aliphatic heterocycles. The minimum atomic E-state index is -1.07. The Balaban J connectivity index is 2.07. The molecule has 5 heteroatoms. The molecule has 2 N–H and O–H groups in total. The van der Waals surface area contributed by atoms with Crippen LogP contribution in [0.5, 0.6) is 5.75 Å². The third-order valence-corrected chi connectivity index (χ3v) is 3.47. The lowest BCUT2D eigenvalue weighted by molar-refractivity contribution is -0.139. The highest BCUT2D eigenvalue weighted by Gasteiger charge is 2.13. The van der Waals surface area contributed by atoms with Crippen LogP contribution < -0.4 is 10.1 Å². The van der Waals surface area contributed by atoms with Crippen LogP contribution in [0, 0.1) is 0 Å². The van der Waals surface area contributed by atoms with Gasteiger partial charge in [-0.15, -0.1) is 0 Å². The Morgan fingerprint density at radius 3 is 2.33 bits per heavy atom. The van der Waals surface area contributed by atoms with Crippen molar-refractivity contribution < 1.29 is 19.4 Å². The summed E-state index contributed by atoms with van der Waals surface area (Å²) in [6, 6.07) is 14.1. The SMILES string of the molecule is CC(C)(C)c1ccc(NC(=O)c2cccc(OCC(=O)O)c2)cc1. The van der Waals surface area contributed by atoms with Crippen LogP contribution in [-0.4, -0.2) is 23.6 Å². The zero-order valence-electron chi connectivity index (χ0n) is 14.0. The van der Waals surface area contributed by atoms with Gasteiger partial charge in [-0.25, -0.2) is 4.79 Å². The van der Waals surface area contributed by atoms with E-state index in [4.69, 9.17) is 9.84 Å². The molecular formula is C19H21NO4. The number of carbonyl (C=O) groups excluding carboxylic acids is 1. The van der Waals surface area contributed by atoms with Gasteiger partial charge in [0.1, 0.15) is 5.75 Å². The van der Waals surface area contributed by atoms with Gasteiger partial charge in [0.15, 0.2) is 6.61 Å². The Bertz CT molecular complexity index is 730. The molecule has 0 spiro atoms. The Hall–Kier alpha value is -2.82. The number of amides is 1. The van der Waals surface area contributed by atoms with Crippen LogP contribution in [-0.2, 0) is 10.2 Å². The van der Waals surface area contributed by atoms with Gasteiger partial charge in [0, 0.05) is 11.3 Å². The second-order valence-corrected chi connectivity index (χ2v) is 6.49. The fourth-order valence-corrected chi connectivity index (χ4v) is 2.13. The smallest absolute Gasteiger partial charge is 0.341 e. The molecule has 0 saturated heterocycles. The molecule has 0 fully saturated rings. The fourth-order valence-electron chi connectivity index (χ4n) is 2.13. The van der Waals surface area contributed by atoms with Crippen molar-refractivity contribution in [2.24, 2.45) is 0 Å². The third kappa shape index (κ3) is 4.84. The molecule has 1 amide bonds. The Morgan fingerprint density at radius 1 is 1.08 bits per heavy atom. The van der Waals surface area contributed by atoms with Crippen molar-refractivity contribution in [3.05, 3.63) is 59.7 Å². The molecule has 2 aromatic carbocycles. The summed E-state index contributed by atoms with van der Waals surface area (Å²) < 4.78 is 5.08. The molecule has 0 aromatic heterocycles. The highest BCUT2D eigenvalue weighted by molar-refractivity contribution is 6.04. The molecule has 0 unspecified atom stereocenters. The summed E-state index contributed by atoms with van der Waals surface area (Å²) in [6.45, 7) is 5.94. The van der Waals surface area contributed by atoms with Crippen LogP contribution in [0.1, 0.15) is 36.7 Å². The molecule has 2 rings (SSSR count). The van der Waals surface area contributed by atoms with Gasteiger partial charge in [0.25, 0.3) is 5.91 Å². The van der Waals surface area contributed by atoms with Gasteiger partial charge in [-0.2, -0.15) is 0 Å². The van der Waals surface area contributed by atoms with Crippen molar-refractivity contribution in [2.75, 3.05) is 11.9 Å². The molecule has 0 aliphatic rings. The first-order valence-corrected chi connectivity index (χ1v) is 7.62. The fraction of sp³-hybridized carbons (Fsp3) is 0.263. The summed E-state index contributed by atoms with van der Waals surface area (Å²) in [7, 11) is 0. The zero-order valence-corrected chi connectivity index (χ0v) is 14.0. The van der Waals surface area contributed by atoms with E-state index < -0.39 is 12.6 Å². The van der Waals surface area contributed by atoms with Crippen molar-refractivity contribution in [3.63, 3.8) is 0 Å². The van der Waals surface area contributed by atoms with Crippen molar-refractivity contribution in [1.29, 1.82) is 0 Å². The lowest BCUT2D eigenvalue weighted by Crippen LogP contribution is -2.14. The predicted octanol–water partition coefficient (Wildman–Crippen LogP) is 3.70. The van der Waals surface area contributed by atoms with Gasteiger partial charge < -0.3 is 15.2 Å². The lowest BCUT2D eigenvalue weighted by Gasteiger charge is -2.19. The quantitative estimate of drug-likeness (QED) is 0.878. The first-order valence-electron chi connectivity index (χ1n) is 7.62. The van der Waals surface area contributed by atoms with Crippen LogP contribution in [0.4, 0.5) is 5.69 Å². The number of carboxylic acids is 1. The second-order valence-electron chi connectivity index (χ2n) is 6.49. The van der Waals surface area contributed by atoms with E-state index in [0.717, 1.165) is 0 Å². The van der Waals surface area contributed by atoms with Crippen molar-refractivity contribution in [2.45, 2.75) is 26.2 Å². The summed E-state index contributed by atoms with van der Waals surface area (Å²) >= 11 is 0. The number of ether oxygens (including phenoxy) is 1. The van der Waals surface area contributed by atoms with Crippen LogP contribution in [0.2, 0.25) is 0 Å². The van der Waals surface area contributed by atoms with Crippen molar-refractivity contribution in [1.82, 2.24) is 0 Å². The highest BCUT2D eigenvalue weighted by atomic mass is 16.5. The molecule has 0 bridgehead atoms. The molecule has 24 heavy (non-hydrogen) atoms. The van der Waals surface area contributed by atoms with Gasteiger partial charge in [0.05, 0.1) is 0 Å². The number of benzene rings is 2. The molecule has 0 radical (unpaired) electrons. The number of anilines is 1.